The Morgan fingerprint density at radius 1 is 1.06 bits per heavy atom. The molecule has 0 N–H and O–H groups in total. The summed E-state index contributed by atoms with van der Waals surface area (Å²) >= 11 is 1.45. The van der Waals surface area contributed by atoms with Crippen LogP contribution in [-0.2, 0) is 5.75 Å². The van der Waals surface area contributed by atoms with Gasteiger partial charge in [-0.1, -0.05) is 12.1 Å². The molecule has 0 radical (unpaired) electrons. The number of thioether (sulfide) groups is 1. The van der Waals surface area contributed by atoms with Crippen LogP contribution in [0.2, 0.25) is 0 Å². The van der Waals surface area contributed by atoms with Crippen LogP contribution in [0.4, 0.5) is 8.78 Å². The maximum Gasteiger partial charge on any atom is 0.162 e. The first-order valence-electron chi connectivity index (χ1n) is 5.40. The minimum absolute atomic E-state index is 0.371. The summed E-state index contributed by atoms with van der Waals surface area (Å²) in [5.41, 5.74) is 0.371. The van der Waals surface area contributed by atoms with Gasteiger partial charge in [-0.15, -0.1) is 11.8 Å². The molecule has 0 spiro atoms. The van der Waals surface area contributed by atoms with Gasteiger partial charge in [-0.3, -0.25) is 0 Å². The molecule has 0 amide bonds. The van der Waals surface area contributed by atoms with Crippen molar-refractivity contribution in [3.8, 4) is 5.75 Å². The second kappa shape index (κ2) is 5.87. The average Bonchev–Trinajstić information content (AvgIpc) is 2.41. The molecule has 94 valence electrons. The van der Waals surface area contributed by atoms with Crippen LogP contribution in [0.15, 0.2) is 47.4 Å². The van der Waals surface area contributed by atoms with Gasteiger partial charge in [0.05, 0.1) is 7.11 Å². The molecule has 0 unspecified atom stereocenters. The van der Waals surface area contributed by atoms with Crippen LogP contribution in [0, 0.1) is 11.6 Å². The predicted octanol–water partition coefficient (Wildman–Crippen LogP) is 4.27. The highest BCUT2D eigenvalue weighted by atomic mass is 32.2. The van der Waals surface area contributed by atoms with Crippen LogP contribution >= 0.6 is 11.8 Å². The van der Waals surface area contributed by atoms with Gasteiger partial charge >= 0.3 is 0 Å². The van der Waals surface area contributed by atoms with Crippen molar-refractivity contribution in [1.82, 2.24) is 0 Å². The molecule has 0 saturated heterocycles. The standard InChI is InChI=1S/C14H12F2OS/c1-17-11-5-7-12(8-6-11)18-9-10-3-2-4-13(15)14(10)16/h2-8H,9H2,1H3. The van der Waals surface area contributed by atoms with E-state index < -0.39 is 11.6 Å². The monoisotopic (exact) mass is 266 g/mol. The van der Waals surface area contributed by atoms with Crippen LogP contribution in [0.25, 0.3) is 0 Å². The molecule has 0 saturated carbocycles. The Hall–Kier alpha value is -1.55. The molecule has 4 heteroatoms. The van der Waals surface area contributed by atoms with Crippen LogP contribution in [0.1, 0.15) is 5.56 Å². The van der Waals surface area contributed by atoms with Gasteiger partial charge in [-0.2, -0.15) is 0 Å². The summed E-state index contributed by atoms with van der Waals surface area (Å²) in [6, 6.07) is 11.7. The van der Waals surface area contributed by atoms with E-state index >= 15 is 0 Å². The van der Waals surface area contributed by atoms with Crippen LogP contribution in [0.5, 0.6) is 5.75 Å². The Balaban J connectivity index is 2.04. The Morgan fingerprint density at radius 3 is 2.44 bits per heavy atom. The molecule has 18 heavy (non-hydrogen) atoms. The number of hydrogen-bond donors (Lipinski definition) is 0. The molecule has 0 atom stereocenters. The summed E-state index contributed by atoms with van der Waals surface area (Å²) in [4.78, 5) is 0.986. The van der Waals surface area contributed by atoms with Crippen molar-refractivity contribution in [2.75, 3.05) is 7.11 Å². The van der Waals surface area contributed by atoms with Crippen molar-refractivity contribution in [2.45, 2.75) is 10.6 Å². The third-order valence-electron chi connectivity index (χ3n) is 2.49. The van der Waals surface area contributed by atoms with Crippen molar-refractivity contribution in [3.63, 3.8) is 0 Å². The van der Waals surface area contributed by atoms with Gasteiger partial charge in [0.1, 0.15) is 5.75 Å². The van der Waals surface area contributed by atoms with E-state index in [1.54, 1.807) is 13.2 Å². The summed E-state index contributed by atoms with van der Waals surface area (Å²) in [6.45, 7) is 0. The highest BCUT2D eigenvalue weighted by molar-refractivity contribution is 7.98. The lowest BCUT2D eigenvalue weighted by Crippen LogP contribution is -1.91. The number of halogens is 2. The van der Waals surface area contributed by atoms with Gasteiger partial charge in [-0.25, -0.2) is 8.78 Å². The van der Waals surface area contributed by atoms with Gasteiger partial charge < -0.3 is 4.74 Å². The SMILES string of the molecule is COc1ccc(SCc2cccc(F)c2F)cc1. The first kappa shape index (κ1) is 12.9. The molecule has 0 aliphatic heterocycles. The lowest BCUT2D eigenvalue weighted by molar-refractivity contribution is 0.414. The van der Waals surface area contributed by atoms with E-state index in [0.29, 0.717) is 11.3 Å². The quantitative estimate of drug-likeness (QED) is 0.764. The smallest absolute Gasteiger partial charge is 0.162 e. The van der Waals surface area contributed by atoms with Gasteiger partial charge in [0, 0.05) is 16.2 Å². The van der Waals surface area contributed by atoms with Crippen molar-refractivity contribution in [3.05, 3.63) is 59.7 Å². The van der Waals surface area contributed by atoms with E-state index in [2.05, 4.69) is 0 Å². The topological polar surface area (TPSA) is 9.23 Å². The van der Waals surface area contributed by atoms with Crippen molar-refractivity contribution >= 4 is 11.8 Å². The lowest BCUT2D eigenvalue weighted by atomic mass is 10.2. The minimum atomic E-state index is -0.803. The van der Waals surface area contributed by atoms with Crippen LogP contribution in [-0.4, -0.2) is 7.11 Å². The Morgan fingerprint density at radius 2 is 1.78 bits per heavy atom. The molecule has 2 rings (SSSR count). The van der Waals surface area contributed by atoms with E-state index in [4.69, 9.17) is 4.74 Å². The molecule has 0 fully saturated rings. The highest BCUT2D eigenvalue weighted by Crippen LogP contribution is 2.26. The number of benzene rings is 2. The molecule has 0 aliphatic carbocycles. The second-order valence-corrected chi connectivity index (χ2v) is 4.73. The van der Waals surface area contributed by atoms with E-state index in [1.165, 1.54) is 17.8 Å². The fourth-order valence-corrected chi connectivity index (χ4v) is 2.37. The van der Waals surface area contributed by atoms with Crippen LogP contribution < -0.4 is 4.74 Å². The van der Waals surface area contributed by atoms with Crippen molar-refractivity contribution < 1.29 is 13.5 Å². The number of ether oxygens (including phenoxy) is 1. The summed E-state index contributed by atoms with van der Waals surface area (Å²) in [6.07, 6.45) is 0. The molecule has 0 bridgehead atoms. The Labute approximate surface area is 109 Å². The van der Waals surface area contributed by atoms with E-state index in [1.807, 2.05) is 24.3 Å². The number of hydrogen-bond acceptors (Lipinski definition) is 2. The first-order valence-corrected chi connectivity index (χ1v) is 6.39. The molecule has 0 aromatic heterocycles. The van der Waals surface area contributed by atoms with Gasteiger partial charge in [0.25, 0.3) is 0 Å². The molecular weight excluding hydrogens is 254 g/mol. The zero-order valence-corrected chi connectivity index (χ0v) is 10.6. The van der Waals surface area contributed by atoms with Gasteiger partial charge in [0.15, 0.2) is 11.6 Å². The van der Waals surface area contributed by atoms with E-state index in [-0.39, 0.29) is 0 Å². The van der Waals surface area contributed by atoms with Gasteiger partial charge in [0.2, 0.25) is 0 Å². The summed E-state index contributed by atoms with van der Waals surface area (Å²) < 4.78 is 31.5. The molecule has 0 aliphatic rings. The van der Waals surface area contributed by atoms with Gasteiger partial charge in [-0.05, 0) is 30.3 Å². The normalized spacial score (nSPS) is 10.4. The van der Waals surface area contributed by atoms with E-state index in [0.717, 1.165) is 16.7 Å². The molecular formula is C14H12F2OS. The summed E-state index contributed by atoms with van der Waals surface area (Å²) in [5, 5.41) is 0. The average molecular weight is 266 g/mol. The highest BCUT2D eigenvalue weighted by Gasteiger charge is 2.07. The van der Waals surface area contributed by atoms with Crippen LogP contribution in [0.3, 0.4) is 0 Å². The molecule has 0 heterocycles. The predicted molar refractivity (Wildman–Crippen MR) is 68.9 cm³/mol. The maximum absolute atomic E-state index is 13.4. The molecule has 2 aromatic rings. The zero-order valence-electron chi connectivity index (χ0n) is 9.82. The Bertz CT molecular complexity index is 526. The maximum atomic E-state index is 13.4. The largest absolute Gasteiger partial charge is 0.497 e. The third kappa shape index (κ3) is 3.01. The third-order valence-corrected chi connectivity index (χ3v) is 3.55. The van der Waals surface area contributed by atoms with Crippen molar-refractivity contribution in [1.29, 1.82) is 0 Å². The fraction of sp³-hybridized carbons (Fsp3) is 0.143. The number of rotatable bonds is 4. The molecule has 1 nitrogen and oxygen atoms in total. The Kier molecular flexibility index (Phi) is 4.20. The second-order valence-electron chi connectivity index (χ2n) is 3.68. The van der Waals surface area contributed by atoms with Crippen molar-refractivity contribution in [2.24, 2.45) is 0 Å². The summed E-state index contributed by atoms with van der Waals surface area (Å²) in [7, 11) is 1.60. The summed E-state index contributed by atoms with van der Waals surface area (Å²) in [5.74, 6) is -0.395. The molecule has 2 aromatic carbocycles. The first-order chi connectivity index (χ1) is 8.70. The number of methoxy groups -OCH3 is 1. The minimum Gasteiger partial charge on any atom is -0.497 e. The fourth-order valence-electron chi connectivity index (χ4n) is 1.49. The van der Waals surface area contributed by atoms with E-state index in [9.17, 15) is 8.78 Å². The lowest BCUT2D eigenvalue weighted by Gasteiger charge is -2.05. The zero-order chi connectivity index (χ0) is 13.0.